The minimum Gasteiger partial charge on any atom is -0.383 e. The maximum Gasteiger partial charge on any atom is 0.259 e. The monoisotopic (exact) mass is 228 g/mol. The van der Waals surface area contributed by atoms with E-state index in [9.17, 15) is 4.79 Å². The first kappa shape index (κ1) is 11.9. The van der Waals surface area contributed by atoms with E-state index >= 15 is 0 Å². The van der Waals surface area contributed by atoms with Crippen LogP contribution in [0.2, 0.25) is 0 Å². The quantitative estimate of drug-likeness (QED) is 0.800. The van der Waals surface area contributed by atoms with Crippen molar-refractivity contribution in [2.75, 3.05) is 24.8 Å². The highest BCUT2D eigenvalue weighted by molar-refractivity contribution is 7.98. The Morgan fingerprint density at radius 1 is 1.80 bits per heavy atom. The molecule has 0 aliphatic heterocycles. The summed E-state index contributed by atoms with van der Waals surface area (Å²) in [5.41, 5.74) is 6.02. The summed E-state index contributed by atoms with van der Waals surface area (Å²) in [5, 5.41) is 6.28. The molecule has 1 aromatic heterocycles. The summed E-state index contributed by atoms with van der Waals surface area (Å²) in [5.74, 6) is 1.13. The third kappa shape index (κ3) is 2.65. The molecule has 5 nitrogen and oxygen atoms in total. The zero-order chi connectivity index (χ0) is 11.4. The first-order chi connectivity index (χ1) is 7.07. The molecule has 1 heterocycles. The maximum atomic E-state index is 11.9. The molecule has 0 bridgehead atoms. The predicted octanol–water partition coefficient (Wildman–Crippen LogP) is 0.815. The number of anilines is 1. The predicted molar refractivity (Wildman–Crippen MR) is 62.9 cm³/mol. The molecule has 0 aromatic carbocycles. The molecule has 1 rings (SSSR count). The Kier molecular flexibility index (Phi) is 4.02. The number of H-pyrrole nitrogens is 1. The minimum atomic E-state index is -0.0946. The van der Waals surface area contributed by atoms with Gasteiger partial charge in [0.25, 0.3) is 5.91 Å². The van der Waals surface area contributed by atoms with Gasteiger partial charge in [-0.05, 0) is 13.2 Å². The average Bonchev–Trinajstić information content (AvgIpc) is 2.62. The van der Waals surface area contributed by atoms with Gasteiger partial charge in [-0.25, -0.2) is 0 Å². The largest absolute Gasteiger partial charge is 0.383 e. The van der Waals surface area contributed by atoms with E-state index in [0.717, 1.165) is 5.75 Å². The highest BCUT2D eigenvalue weighted by atomic mass is 32.2. The number of nitrogen functional groups attached to an aromatic ring is 1. The number of aromatic nitrogens is 2. The molecule has 15 heavy (non-hydrogen) atoms. The second-order valence-electron chi connectivity index (χ2n) is 3.42. The van der Waals surface area contributed by atoms with Crippen molar-refractivity contribution < 1.29 is 4.79 Å². The third-order valence-electron chi connectivity index (χ3n) is 2.29. The van der Waals surface area contributed by atoms with Crippen LogP contribution < -0.4 is 5.73 Å². The van der Waals surface area contributed by atoms with Crippen LogP contribution in [0.25, 0.3) is 0 Å². The van der Waals surface area contributed by atoms with Gasteiger partial charge < -0.3 is 10.6 Å². The van der Waals surface area contributed by atoms with E-state index in [1.807, 2.05) is 13.2 Å². The number of nitrogens with two attached hydrogens (primary N) is 1. The molecule has 6 heteroatoms. The van der Waals surface area contributed by atoms with Crippen LogP contribution in [0.1, 0.15) is 17.3 Å². The number of carbonyl (C=O) groups is 1. The van der Waals surface area contributed by atoms with E-state index in [-0.39, 0.29) is 11.9 Å². The third-order valence-corrected chi connectivity index (χ3v) is 3.10. The van der Waals surface area contributed by atoms with Gasteiger partial charge in [-0.1, -0.05) is 0 Å². The van der Waals surface area contributed by atoms with Crippen LogP contribution in [-0.4, -0.2) is 46.1 Å². The van der Waals surface area contributed by atoms with Crippen molar-refractivity contribution in [1.82, 2.24) is 15.1 Å². The first-order valence-corrected chi connectivity index (χ1v) is 6.02. The summed E-state index contributed by atoms with van der Waals surface area (Å²) in [6.45, 7) is 2.00. The number of hydrogen-bond acceptors (Lipinski definition) is 4. The van der Waals surface area contributed by atoms with Gasteiger partial charge in [0.1, 0.15) is 11.4 Å². The molecule has 3 N–H and O–H groups in total. The first-order valence-electron chi connectivity index (χ1n) is 4.62. The number of hydrogen-bond donors (Lipinski definition) is 2. The summed E-state index contributed by atoms with van der Waals surface area (Å²) < 4.78 is 0. The van der Waals surface area contributed by atoms with Crippen LogP contribution in [0.3, 0.4) is 0 Å². The number of amides is 1. The molecule has 84 valence electrons. The van der Waals surface area contributed by atoms with Crippen molar-refractivity contribution in [2.45, 2.75) is 13.0 Å². The van der Waals surface area contributed by atoms with Gasteiger partial charge in [-0.3, -0.25) is 9.89 Å². The Labute approximate surface area is 93.4 Å². The number of thioether (sulfide) groups is 1. The Hall–Kier alpha value is -1.17. The molecule has 0 aliphatic carbocycles. The number of nitrogens with one attached hydrogen (secondary N) is 1. The summed E-state index contributed by atoms with van der Waals surface area (Å²) in [7, 11) is 1.77. The lowest BCUT2D eigenvalue weighted by molar-refractivity contribution is 0.0758. The summed E-state index contributed by atoms with van der Waals surface area (Å²) in [4.78, 5) is 13.6. The highest BCUT2D eigenvalue weighted by Crippen LogP contribution is 2.12. The van der Waals surface area contributed by atoms with Gasteiger partial charge >= 0.3 is 0 Å². The maximum absolute atomic E-state index is 11.9. The Morgan fingerprint density at radius 2 is 2.47 bits per heavy atom. The van der Waals surface area contributed by atoms with Gasteiger partial charge in [-0.15, -0.1) is 0 Å². The SMILES string of the molecule is CSCC(C)N(C)C(=O)c1cn[nH]c1N. The Morgan fingerprint density at radius 3 is 2.93 bits per heavy atom. The molecule has 0 aliphatic rings. The molecule has 0 spiro atoms. The Balaban J connectivity index is 2.73. The molecule has 0 saturated carbocycles. The van der Waals surface area contributed by atoms with Crippen LogP contribution in [0.4, 0.5) is 5.82 Å². The molecule has 1 amide bonds. The van der Waals surface area contributed by atoms with Crippen LogP contribution in [-0.2, 0) is 0 Å². The van der Waals surface area contributed by atoms with Crippen molar-refractivity contribution in [3.63, 3.8) is 0 Å². The highest BCUT2D eigenvalue weighted by Gasteiger charge is 2.20. The van der Waals surface area contributed by atoms with Crippen LogP contribution in [0.5, 0.6) is 0 Å². The number of rotatable bonds is 4. The molecular weight excluding hydrogens is 212 g/mol. The average molecular weight is 228 g/mol. The van der Waals surface area contributed by atoms with Gasteiger partial charge in [-0.2, -0.15) is 16.9 Å². The fourth-order valence-corrected chi connectivity index (χ4v) is 1.92. The molecule has 1 atom stereocenters. The fraction of sp³-hybridized carbons (Fsp3) is 0.556. The lowest BCUT2D eigenvalue weighted by atomic mass is 10.2. The van der Waals surface area contributed by atoms with Crippen LogP contribution in [0, 0.1) is 0 Å². The standard InChI is InChI=1S/C9H16N4OS/c1-6(5-15-3)13(2)9(14)7-4-11-12-8(7)10/h4,6H,5H2,1-3H3,(H3,10,11,12). The van der Waals surface area contributed by atoms with E-state index < -0.39 is 0 Å². The van der Waals surface area contributed by atoms with Gasteiger partial charge in [0.15, 0.2) is 0 Å². The van der Waals surface area contributed by atoms with E-state index in [1.165, 1.54) is 6.20 Å². The van der Waals surface area contributed by atoms with Crippen molar-refractivity contribution in [3.8, 4) is 0 Å². The fourth-order valence-electron chi connectivity index (χ4n) is 1.21. The van der Waals surface area contributed by atoms with E-state index in [2.05, 4.69) is 10.2 Å². The number of aromatic amines is 1. The zero-order valence-electron chi connectivity index (χ0n) is 9.15. The summed E-state index contributed by atoms with van der Waals surface area (Å²) in [6, 6.07) is 0.182. The molecule has 1 aromatic rings. The summed E-state index contributed by atoms with van der Waals surface area (Å²) >= 11 is 1.71. The second kappa shape index (κ2) is 5.06. The van der Waals surface area contributed by atoms with Crippen LogP contribution >= 0.6 is 11.8 Å². The number of nitrogens with zero attached hydrogens (tertiary/aromatic N) is 2. The van der Waals surface area contributed by atoms with Gasteiger partial charge in [0, 0.05) is 18.8 Å². The molecule has 1 unspecified atom stereocenters. The molecular formula is C9H16N4OS. The van der Waals surface area contributed by atoms with E-state index in [4.69, 9.17) is 5.73 Å². The van der Waals surface area contributed by atoms with E-state index in [0.29, 0.717) is 11.4 Å². The van der Waals surface area contributed by atoms with Gasteiger partial charge in [0.05, 0.1) is 6.20 Å². The summed E-state index contributed by atoms with van der Waals surface area (Å²) in [6.07, 6.45) is 3.47. The molecule has 0 radical (unpaired) electrons. The van der Waals surface area contributed by atoms with Crippen molar-refractivity contribution in [1.29, 1.82) is 0 Å². The Bertz CT molecular complexity index is 339. The van der Waals surface area contributed by atoms with Crippen molar-refractivity contribution in [2.24, 2.45) is 0 Å². The van der Waals surface area contributed by atoms with Crippen molar-refractivity contribution >= 4 is 23.5 Å². The van der Waals surface area contributed by atoms with Crippen molar-refractivity contribution in [3.05, 3.63) is 11.8 Å². The lowest BCUT2D eigenvalue weighted by Crippen LogP contribution is -2.36. The lowest BCUT2D eigenvalue weighted by Gasteiger charge is -2.23. The van der Waals surface area contributed by atoms with Crippen LogP contribution in [0.15, 0.2) is 6.20 Å². The molecule has 0 saturated heterocycles. The zero-order valence-corrected chi connectivity index (χ0v) is 9.97. The smallest absolute Gasteiger partial charge is 0.259 e. The van der Waals surface area contributed by atoms with E-state index in [1.54, 1.807) is 23.7 Å². The van der Waals surface area contributed by atoms with Gasteiger partial charge in [0.2, 0.25) is 0 Å². The topological polar surface area (TPSA) is 75.0 Å². The normalized spacial score (nSPS) is 12.5. The second-order valence-corrected chi connectivity index (χ2v) is 4.33. The molecule has 0 fully saturated rings. The number of carbonyl (C=O) groups excluding carboxylic acids is 1. The minimum absolute atomic E-state index is 0.0946.